The number of halogens is 1. The second-order valence-corrected chi connectivity index (χ2v) is 8.88. The number of ether oxygens (including phenoxy) is 4. The normalized spacial score (nSPS) is 16.4. The van der Waals surface area contributed by atoms with Crippen molar-refractivity contribution < 1.29 is 33.6 Å². The molecule has 9 heteroatoms. The Balaban J connectivity index is 1.94. The van der Waals surface area contributed by atoms with Crippen LogP contribution >= 0.6 is 11.6 Å². The second kappa shape index (κ2) is 11.5. The third-order valence-corrected chi connectivity index (χ3v) is 6.47. The van der Waals surface area contributed by atoms with E-state index in [9.17, 15) is 14.7 Å². The van der Waals surface area contributed by atoms with Gasteiger partial charge in [-0.25, -0.2) is 0 Å². The van der Waals surface area contributed by atoms with E-state index in [1.54, 1.807) is 48.5 Å². The molecule has 3 aromatic rings. The van der Waals surface area contributed by atoms with Gasteiger partial charge in [0.1, 0.15) is 28.8 Å². The number of hydrogen-bond acceptors (Lipinski definition) is 7. The van der Waals surface area contributed by atoms with Crippen molar-refractivity contribution in [1.29, 1.82) is 0 Å². The molecule has 1 unspecified atom stereocenters. The van der Waals surface area contributed by atoms with Crippen LogP contribution in [-0.4, -0.2) is 44.7 Å². The molecule has 0 radical (unpaired) electrons. The Morgan fingerprint density at radius 3 is 2.26 bits per heavy atom. The quantitative estimate of drug-likeness (QED) is 0.210. The molecule has 1 N–H and O–H groups in total. The fourth-order valence-corrected chi connectivity index (χ4v) is 4.56. The van der Waals surface area contributed by atoms with Gasteiger partial charge in [-0.05, 0) is 42.3 Å². The number of carbonyl (C=O) groups excluding carboxylic acids is 2. The Bertz CT molecular complexity index is 1380. The van der Waals surface area contributed by atoms with E-state index >= 15 is 0 Å². The highest BCUT2D eigenvalue weighted by Crippen LogP contribution is 2.45. The molecule has 4 rings (SSSR count). The van der Waals surface area contributed by atoms with Crippen molar-refractivity contribution in [3.63, 3.8) is 0 Å². The van der Waals surface area contributed by atoms with Gasteiger partial charge < -0.3 is 24.1 Å². The van der Waals surface area contributed by atoms with Crippen molar-refractivity contribution in [1.82, 2.24) is 0 Å². The molecular weight excluding hydrogens is 510 g/mol. The zero-order chi connectivity index (χ0) is 27.4. The minimum atomic E-state index is -0.950. The van der Waals surface area contributed by atoms with Gasteiger partial charge in [-0.1, -0.05) is 36.7 Å². The van der Waals surface area contributed by atoms with Gasteiger partial charge in [-0.3, -0.25) is 14.5 Å². The molecule has 1 amide bonds. The van der Waals surface area contributed by atoms with Gasteiger partial charge in [0, 0.05) is 17.8 Å². The summed E-state index contributed by atoms with van der Waals surface area (Å²) in [6, 6.07) is 15.9. The van der Waals surface area contributed by atoms with Crippen LogP contribution in [0.15, 0.2) is 66.2 Å². The summed E-state index contributed by atoms with van der Waals surface area (Å²) >= 11 is 6.25. The van der Waals surface area contributed by atoms with Crippen molar-refractivity contribution in [3.8, 4) is 23.0 Å². The highest BCUT2D eigenvalue weighted by molar-refractivity contribution is 6.51. The van der Waals surface area contributed by atoms with Crippen LogP contribution < -0.4 is 23.8 Å². The lowest BCUT2D eigenvalue weighted by Crippen LogP contribution is -2.29. The summed E-state index contributed by atoms with van der Waals surface area (Å²) in [5, 5.41) is 11.8. The SMILES string of the molecule is CCCOc1ccc(C2/C(=C(\O)c3cc(OC)c(Cl)cc3OC)C(=O)C(=O)N2c2cccc(OC)c2)cc1. The number of nitrogens with zero attached hydrogens (tertiary/aromatic N) is 1. The minimum Gasteiger partial charge on any atom is -0.507 e. The third-order valence-electron chi connectivity index (χ3n) is 6.17. The van der Waals surface area contributed by atoms with E-state index < -0.39 is 23.5 Å². The predicted octanol–water partition coefficient (Wildman–Crippen LogP) is 5.78. The molecule has 0 aliphatic carbocycles. The van der Waals surface area contributed by atoms with Crippen molar-refractivity contribution in [2.45, 2.75) is 19.4 Å². The van der Waals surface area contributed by atoms with Gasteiger partial charge in [0.25, 0.3) is 11.7 Å². The summed E-state index contributed by atoms with van der Waals surface area (Å²) < 4.78 is 21.8. The average molecular weight is 538 g/mol. The number of rotatable bonds is 9. The highest BCUT2D eigenvalue weighted by atomic mass is 35.5. The van der Waals surface area contributed by atoms with E-state index in [1.165, 1.54) is 38.4 Å². The predicted molar refractivity (Wildman–Crippen MR) is 145 cm³/mol. The summed E-state index contributed by atoms with van der Waals surface area (Å²) in [5.41, 5.74) is 1.08. The van der Waals surface area contributed by atoms with Crippen molar-refractivity contribution >= 4 is 34.7 Å². The first kappa shape index (κ1) is 26.9. The van der Waals surface area contributed by atoms with E-state index in [0.29, 0.717) is 29.4 Å². The molecule has 0 saturated carbocycles. The number of anilines is 1. The second-order valence-electron chi connectivity index (χ2n) is 8.48. The molecule has 0 aromatic heterocycles. The van der Waals surface area contributed by atoms with Crippen LogP contribution in [0.1, 0.15) is 30.5 Å². The van der Waals surface area contributed by atoms with E-state index in [-0.39, 0.29) is 27.7 Å². The number of amides is 1. The lowest BCUT2D eigenvalue weighted by Gasteiger charge is -2.26. The topological polar surface area (TPSA) is 94.5 Å². The maximum atomic E-state index is 13.5. The number of aliphatic hydroxyl groups is 1. The largest absolute Gasteiger partial charge is 0.507 e. The Morgan fingerprint density at radius 1 is 0.921 bits per heavy atom. The Hall–Kier alpha value is -4.17. The van der Waals surface area contributed by atoms with Gasteiger partial charge in [-0.2, -0.15) is 0 Å². The molecule has 1 aliphatic heterocycles. The Labute approximate surface area is 225 Å². The monoisotopic (exact) mass is 537 g/mol. The Kier molecular flexibility index (Phi) is 8.12. The zero-order valence-electron chi connectivity index (χ0n) is 21.5. The standard InChI is InChI=1S/C29H28ClNO7/c1-5-13-38-19-11-9-17(10-12-19)26-25(27(32)21-15-24(37-4)22(30)16-23(21)36-3)28(33)29(34)31(26)18-7-6-8-20(14-18)35-2/h6-12,14-16,26,32H,5,13H2,1-4H3/b27-25+. The van der Waals surface area contributed by atoms with Gasteiger partial charge in [0.15, 0.2) is 0 Å². The van der Waals surface area contributed by atoms with Crippen LogP contribution in [0, 0.1) is 0 Å². The van der Waals surface area contributed by atoms with E-state index in [2.05, 4.69) is 0 Å². The number of benzene rings is 3. The van der Waals surface area contributed by atoms with E-state index in [1.807, 2.05) is 6.92 Å². The lowest BCUT2D eigenvalue weighted by molar-refractivity contribution is -0.132. The van der Waals surface area contributed by atoms with Crippen molar-refractivity contribution in [2.75, 3.05) is 32.8 Å². The van der Waals surface area contributed by atoms with Gasteiger partial charge in [-0.15, -0.1) is 0 Å². The van der Waals surface area contributed by atoms with Gasteiger partial charge in [0.05, 0.1) is 50.1 Å². The van der Waals surface area contributed by atoms with E-state index in [0.717, 1.165) is 6.42 Å². The number of Topliss-reactive ketones (excluding diaryl/α,β-unsaturated/α-hetero) is 1. The molecule has 1 saturated heterocycles. The van der Waals surface area contributed by atoms with Crippen LogP contribution in [-0.2, 0) is 9.59 Å². The fraction of sp³-hybridized carbons (Fsp3) is 0.241. The molecule has 198 valence electrons. The summed E-state index contributed by atoms with van der Waals surface area (Å²) in [4.78, 5) is 28.3. The van der Waals surface area contributed by atoms with Gasteiger partial charge in [0.2, 0.25) is 0 Å². The maximum absolute atomic E-state index is 13.5. The smallest absolute Gasteiger partial charge is 0.300 e. The first-order valence-electron chi connectivity index (χ1n) is 11.9. The molecule has 8 nitrogen and oxygen atoms in total. The van der Waals surface area contributed by atoms with Gasteiger partial charge >= 0.3 is 0 Å². The van der Waals surface area contributed by atoms with Crippen molar-refractivity contribution in [2.24, 2.45) is 0 Å². The Morgan fingerprint density at radius 2 is 1.63 bits per heavy atom. The van der Waals surface area contributed by atoms with Crippen LogP contribution in [0.2, 0.25) is 5.02 Å². The molecular formula is C29H28ClNO7. The number of carbonyl (C=O) groups is 2. The molecule has 1 atom stereocenters. The lowest BCUT2D eigenvalue weighted by atomic mass is 9.94. The molecule has 3 aromatic carbocycles. The first-order chi connectivity index (χ1) is 18.3. The van der Waals surface area contributed by atoms with E-state index in [4.69, 9.17) is 30.5 Å². The van der Waals surface area contributed by atoms with Crippen molar-refractivity contribution in [3.05, 3.63) is 82.4 Å². The highest BCUT2D eigenvalue weighted by Gasteiger charge is 2.47. The summed E-state index contributed by atoms with van der Waals surface area (Å²) in [6.07, 6.45) is 0.851. The molecule has 1 fully saturated rings. The zero-order valence-corrected chi connectivity index (χ0v) is 22.2. The summed E-state index contributed by atoms with van der Waals surface area (Å²) in [6.45, 7) is 2.57. The molecule has 0 bridgehead atoms. The van der Waals surface area contributed by atoms with Crippen LogP contribution in [0.3, 0.4) is 0 Å². The fourth-order valence-electron chi connectivity index (χ4n) is 4.33. The van der Waals surface area contributed by atoms with Crippen LogP contribution in [0.5, 0.6) is 23.0 Å². The number of ketones is 1. The molecule has 1 heterocycles. The van der Waals surface area contributed by atoms with Crippen LogP contribution in [0.25, 0.3) is 5.76 Å². The molecule has 1 aliphatic rings. The number of aliphatic hydroxyl groups excluding tert-OH is 1. The number of methoxy groups -OCH3 is 3. The third kappa shape index (κ3) is 4.99. The summed E-state index contributed by atoms with van der Waals surface area (Å²) in [7, 11) is 4.36. The molecule has 38 heavy (non-hydrogen) atoms. The summed E-state index contributed by atoms with van der Waals surface area (Å²) in [5.74, 6) is -0.424. The first-order valence-corrected chi connectivity index (χ1v) is 12.3. The molecule has 0 spiro atoms. The maximum Gasteiger partial charge on any atom is 0.300 e. The average Bonchev–Trinajstić information content (AvgIpc) is 3.21. The van der Waals surface area contributed by atoms with Crippen LogP contribution in [0.4, 0.5) is 5.69 Å². The minimum absolute atomic E-state index is 0.109. The number of hydrogen-bond donors (Lipinski definition) is 1.